The van der Waals surface area contributed by atoms with Crippen molar-refractivity contribution in [1.29, 1.82) is 0 Å². The highest BCUT2D eigenvalue weighted by molar-refractivity contribution is 5.15. The molecule has 114 valence electrons. The Morgan fingerprint density at radius 2 is 1.23 bits per heavy atom. The summed E-state index contributed by atoms with van der Waals surface area (Å²) in [6, 6.07) is 15.1. The lowest BCUT2D eigenvalue weighted by atomic mass is 10.0. The number of fused-ring (bicyclic) bond motifs is 1. The number of hydrogen-bond donors (Lipinski definition) is 0. The highest BCUT2D eigenvalue weighted by atomic mass is 15.2. The van der Waals surface area contributed by atoms with Gasteiger partial charge in [-0.3, -0.25) is 14.8 Å². The Balaban J connectivity index is 1.31. The van der Waals surface area contributed by atoms with E-state index in [4.69, 9.17) is 0 Å². The fourth-order valence-electron chi connectivity index (χ4n) is 4.03. The van der Waals surface area contributed by atoms with Crippen LogP contribution in [0.15, 0.2) is 54.9 Å². The summed E-state index contributed by atoms with van der Waals surface area (Å²) in [5.74, 6) is 1.70. The molecule has 3 nitrogen and oxygen atoms in total. The predicted molar refractivity (Wildman–Crippen MR) is 88.2 cm³/mol. The quantitative estimate of drug-likeness (QED) is 0.864. The SMILES string of the molecule is c1ccc(CN2CC3CN(Cc4ccncc4)CC3C2)cc1. The standard InChI is InChI=1S/C19H23N3/c1-2-4-16(5-3-1)10-21-12-18-14-22(15-19(18)13-21)11-17-6-8-20-9-7-17/h1-9,18-19H,10-15H2. The second kappa shape index (κ2) is 6.19. The molecule has 2 aliphatic heterocycles. The summed E-state index contributed by atoms with van der Waals surface area (Å²) in [5.41, 5.74) is 2.83. The van der Waals surface area contributed by atoms with Gasteiger partial charge in [0.05, 0.1) is 0 Å². The van der Waals surface area contributed by atoms with Crippen LogP contribution in [0.3, 0.4) is 0 Å². The molecular weight excluding hydrogens is 270 g/mol. The van der Waals surface area contributed by atoms with E-state index in [2.05, 4.69) is 57.2 Å². The van der Waals surface area contributed by atoms with E-state index in [0.29, 0.717) is 0 Å². The zero-order valence-electron chi connectivity index (χ0n) is 12.9. The monoisotopic (exact) mass is 293 g/mol. The van der Waals surface area contributed by atoms with Crippen LogP contribution in [0.4, 0.5) is 0 Å². The van der Waals surface area contributed by atoms with Crippen molar-refractivity contribution in [2.24, 2.45) is 11.8 Å². The zero-order valence-corrected chi connectivity index (χ0v) is 12.9. The van der Waals surface area contributed by atoms with Gasteiger partial charge in [0, 0.05) is 51.7 Å². The van der Waals surface area contributed by atoms with Crippen LogP contribution >= 0.6 is 0 Å². The lowest BCUT2D eigenvalue weighted by Crippen LogP contribution is -2.28. The molecule has 1 aromatic carbocycles. The summed E-state index contributed by atoms with van der Waals surface area (Å²) in [6.45, 7) is 7.20. The van der Waals surface area contributed by atoms with Crippen LogP contribution in [0, 0.1) is 11.8 Å². The molecule has 0 aliphatic carbocycles. The largest absolute Gasteiger partial charge is 0.298 e. The molecule has 3 heterocycles. The first-order valence-corrected chi connectivity index (χ1v) is 8.24. The molecule has 0 radical (unpaired) electrons. The highest BCUT2D eigenvalue weighted by Crippen LogP contribution is 2.32. The van der Waals surface area contributed by atoms with Crippen LogP contribution in [0.2, 0.25) is 0 Å². The van der Waals surface area contributed by atoms with E-state index in [1.807, 2.05) is 12.4 Å². The number of benzene rings is 1. The summed E-state index contributed by atoms with van der Waals surface area (Å²) < 4.78 is 0. The molecule has 0 bridgehead atoms. The normalized spacial score (nSPS) is 25.5. The summed E-state index contributed by atoms with van der Waals surface area (Å²) in [4.78, 5) is 9.35. The molecule has 0 saturated carbocycles. The van der Waals surface area contributed by atoms with Gasteiger partial charge in [-0.05, 0) is 35.1 Å². The smallest absolute Gasteiger partial charge is 0.0271 e. The fourth-order valence-corrected chi connectivity index (χ4v) is 4.03. The van der Waals surface area contributed by atoms with E-state index in [1.165, 1.54) is 37.3 Å². The maximum Gasteiger partial charge on any atom is 0.0271 e. The molecule has 0 spiro atoms. The van der Waals surface area contributed by atoms with Crippen molar-refractivity contribution < 1.29 is 0 Å². The average molecular weight is 293 g/mol. The molecule has 2 aliphatic rings. The van der Waals surface area contributed by atoms with E-state index in [0.717, 1.165) is 24.9 Å². The van der Waals surface area contributed by atoms with Crippen LogP contribution in [-0.4, -0.2) is 41.0 Å². The minimum Gasteiger partial charge on any atom is -0.298 e. The zero-order chi connectivity index (χ0) is 14.8. The minimum absolute atomic E-state index is 0.852. The van der Waals surface area contributed by atoms with Crippen LogP contribution in [0.1, 0.15) is 11.1 Å². The lowest BCUT2D eigenvalue weighted by molar-refractivity contribution is 0.246. The first-order chi connectivity index (χ1) is 10.9. The molecule has 2 unspecified atom stereocenters. The van der Waals surface area contributed by atoms with Gasteiger partial charge in [0.1, 0.15) is 0 Å². The number of likely N-dealkylation sites (tertiary alicyclic amines) is 2. The third kappa shape index (κ3) is 3.06. The topological polar surface area (TPSA) is 19.4 Å². The second-order valence-electron chi connectivity index (χ2n) is 6.75. The first kappa shape index (κ1) is 13.9. The highest BCUT2D eigenvalue weighted by Gasteiger charge is 2.39. The lowest BCUT2D eigenvalue weighted by Gasteiger charge is -2.21. The molecule has 0 amide bonds. The van der Waals surface area contributed by atoms with Crippen molar-refractivity contribution in [3.63, 3.8) is 0 Å². The van der Waals surface area contributed by atoms with Crippen molar-refractivity contribution in [1.82, 2.24) is 14.8 Å². The molecule has 22 heavy (non-hydrogen) atoms. The first-order valence-electron chi connectivity index (χ1n) is 8.24. The number of pyridine rings is 1. The van der Waals surface area contributed by atoms with Gasteiger partial charge in [-0.15, -0.1) is 0 Å². The maximum atomic E-state index is 4.10. The Hall–Kier alpha value is -1.71. The number of aromatic nitrogens is 1. The van der Waals surface area contributed by atoms with E-state index in [1.54, 1.807) is 0 Å². The molecule has 2 atom stereocenters. The van der Waals surface area contributed by atoms with Crippen molar-refractivity contribution in [3.8, 4) is 0 Å². The Labute approximate surface area is 132 Å². The summed E-state index contributed by atoms with van der Waals surface area (Å²) in [6.07, 6.45) is 3.79. The van der Waals surface area contributed by atoms with Gasteiger partial charge in [-0.25, -0.2) is 0 Å². The molecule has 1 aromatic heterocycles. The van der Waals surface area contributed by atoms with E-state index >= 15 is 0 Å². The Morgan fingerprint density at radius 3 is 1.77 bits per heavy atom. The molecule has 3 heteroatoms. The molecular formula is C19H23N3. The van der Waals surface area contributed by atoms with E-state index in [-0.39, 0.29) is 0 Å². The van der Waals surface area contributed by atoms with Crippen molar-refractivity contribution >= 4 is 0 Å². The van der Waals surface area contributed by atoms with Gasteiger partial charge < -0.3 is 0 Å². The average Bonchev–Trinajstić information content (AvgIpc) is 3.07. The Bertz CT molecular complexity index is 531. The summed E-state index contributed by atoms with van der Waals surface area (Å²) >= 11 is 0. The number of nitrogens with zero attached hydrogens (tertiary/aromatic N) is 3. The van der Waals surface area contributed by atoms with Crippen molar-refractivity contribution in [2.45, 2.75) is 13.1 Å². The molecule has 2 aromatic rings. The third-order valence-corrected chi connectivity index (χ3v) is 5.04. The van der Waals surface area contributed by atoms with Gasteiger partial charge in [0.15, 0.2) is 0 Å². The van der Waals surface area contributed by atoms with Gasteiger partial charge in [-0.1, -0.05) is 30.3 Å². The fraction of sp³-hybridized carbons (Fsp3) is 0.421. The van der Waals surface area contributed by atoms with Crippen LogP contribution in [-0.2, 0) is 13.1 Å². The minimum atomic E-state index is 0.852. The molecule has 2 saturated heterocycles. The van der Waals surface area contributed by atoms with Crippen molar-refractivity contribution in [3.05, 3.63) is 66.0 Å². The number of hydrogen-bond acceptors (Lipinski definition) is 3. The van der Waals surface area contributed by atoms with Crippen molar-refractivity contribution in [2.75, 3.05) is 26.2 Å². The summed E-state index contributed by atoms with van der Waals surface area (Å²) in [7, 11) is 0. The molecule has 2 fully saturated rings. The van der Waals surface area contributed by atoms with Gasteiger partial charge in [0.2, 0.25) is 0 Å². The van der Waals surface area contributed by atoms with Gasteiger partial charge in [-0.2, -0.15) is 0 Å². The molecule has 0 N–H and O–H groups in total. The van der Waals surface area contributed by atoms with Crippen LogP contribution in [0.25, 0.3) is 0 Å². The third-order valence-electron chi connectivity index (χ3n) is 5.04. The Morgan fingerprint density at radius 1 is 0.727 bits per heavy atom. The molecule has 4 rings (SSSR count). The van der Waals surface area contributed by atoms with Crippen LogP contribution < -0.4 is 0 Å². The van der Waals surface area contributed by atoms with E-state index in [9.17, 15) is 0 Å². The predicted octanol–water partition coefficient (Wildman–Crippen LogP) is 2.65. The maximum absolute atomic E-state index is 4.10. The van der Waals surface area contributed by atoms with E-state index < -0.39 is 0 Å². The van der Waals surface area contributed by atoms with Gasteiger partial charge in [0.25, 0.3) is 0 Å². The summed E-state index contributed by atoms with van der Waals surface area (Å²) in [5, 5.41) is 0. The number of rotatable bonds is 4. The van der Waals surface area contributed by atoms with Gasteiger partial charge >= 0.3 is 0 Å². The van der Waals surface area contributed by atoms with Crippen LogP contribution in [0.5, 0.6) is 0 Å². The Kier molecular flexibility index (Phi) is 3.92. The second-order valence-corrected chi connectivity index (χ2v) is 6.75.